The summed E-state index contributed by atoms with van der Waals surface area (Å²) in [6.07, 6.45) is 0.478. The van der Waals surface area contributed by atoms with Gasteiger partial charge in [-0.05, 0) is 23.6 Å². The van der Waals surface area contributed by atoms with Gasteiger partial charge in [-0.15, -0.1) is 0 Å². The highest BCUT2D eigenvalue weighted by molar-refractivity contribution is 9.10. The number of sulfonamides is 1. The highest BCUT2D eigenvalue weighted by Crippen LogP contribution is 2.23. The molecule has 1 aromatic rings. The number of carbonyl (C=O) groups is 1. The summed E-state index contributed by atoms with van der Waals surface area (Å²) in [7, 11) is -3.50. The van der Waals surface area contributed by atoms with Crippen LogP contribution in [0.25, 0.3) is 0 Å². The zero-order valence-corrected chi connectivity index (χ0v) is 16.2. The fraction of sp³-hybridized carbons (Fsp3) is 0.562. The summed E-state index contributed by atoms with van der Waals surface area (Å²) in [4.78, 5) is 14.3. The standard InChI is InChI=1S/C16H23BrN2O3S/c1-16(2,3)12-15(20)18-7-9-19(10-8-18)23(21,22)14-6-4-5-13(17)11-14/h4-6,11H,7-10,12H2,1-3H3. The number of amides is 1. The van der Waals surface area contributed by atoms with Gasteiger partial charge in [0.2, 0.25) is 15.9 Å². The molecular formula is C16H23BrN2O3S. The Morgan fingerprint density at radius 3 is 2.30 bits per heavy atom. The Morgan fingerprint density at radius 2 is 1.78 bits per heavy atom. The van der Waals surface area contributed by atoms with E-state index in [1.807, 2.05) is 20.8 Å². The van der Waals surface area contributed by atoms with Gasteiger partial charge >= 0.3 is 0 Å². The first-order chi connectivity index (χ1) is 10.6. The van der Waals surface area contributed by atoms with Crippen molar-refractivity contribution in [1.29, 1.82) is 0 Å². The maximum absolute atomic E-state index is 12.6. The lowest BCUT2D eigenvalue weighted by Gasteiger charge is -2.35. The fourth-order valence-corrected chi connectivity index (χ4v) is 4.54. The summed E-state index contributed by atoms with van der Waals surface area (Å²) < 4.78 is 27.5. The first-order valence-electron chi connectivity index (χ1n) is 7.63. The predicted octanol–water partition coefficient (Wildman–Crippen LogP) is 2.72. The monoisotopic (exact) mass is 402 g/mol. The minimum atomic E-state index is -3.50. The number of hydrogen-bond donors (Lipinski definition) is 0. The fourth-order valence-electron chi connectivity index (χ4n) is 2.52. The molecule has 1 fully saturated rings. The molecule has 1 heterocycles. The molecular weight excluding hydrogens is 380 g/mol. The summed E-state index contributed by atoms with van der Waals surface area (Å²) in [6.45, 7) is 7.65. The van der Waals surface area contributed by atoms with Crippen LogP contribution in [0.2, 0.25) is 0 Å². The zero-order valence-electron chi connectivity index (χ0n) is 13.8. The Hall–Kier alpha value is -0.920. The quantitative estimate of drug-likeness (QED) is 0.780. The smallest absolute Gasteiger partial charge is 0.243 e. The van der Waals surface area contributed by atoms with E-state index in [0.717, 1.165) is 4.47 Å². The number of benzene rings is 1. The van der Waals surface area contributed by atoms with Gasteiger partial charge in [-0.2, -0.15) is 4.31 Å². The van der Waals surface area contributed by atoms with Crippen LogP contribution in [-0.2, 0) is 14.8 Å². The summed E-state index contributed by atoms with van der Waals surface area (Å²) in [5.41, 5.74) is -0.0589. The van der Waals surface area contributed by atoms with E-state index in [9.17, 15) is 13.2 Å². The molecule has 0 radical (unpaired) electrons. The maximum Gasteiger partial charge on any atom is 0.243 e. The van der Waals surface area contributed by atoms with E-state index in [-0.39, 0.29) is 16.2 Å². The van der Waals surface area contributed by atoms with Gasteiger partial charge in [0.1, 0.15) is 0 Å². The Bertz CT molecular complexity index is 675. The molecule has 0 bridgehead atoms. The summed E-state index contributed by atoms with van der Waals surface area (Å²) in [6, 6.07) is 6.70. The van der Waals surface area contributed by atoms with Crippen molar-refractivity contribution in [3.63, 3.8) is 0 Å². The summed E-state index contributed by atoms with van der Waals surface area (Å²) in [5.74, 6) is 0.0944. The molecule has 1 saturated heterocycles. The molecule has 0 saturated carbocycles. The predicted molar refractivity (Wildman–Crippen MR) is 93.6 cm³/mol. The lowest BCUT2D eigenvalue weighted by molar-refractivity contribution is -0.134. The van der Waals surface area contributed by atoms with E-state index < -0.39 is 10.0 Å². The number of carbonyl (C=O) groups excluding carboxylic acids is 1. The molecule has 7 heteroatoms. The highest BCUT2D eigenvalue weighted by atomic mass is 79.9. The van der Waals surface area contributed by atoms with Crippen LogP contribution in [0.1, 0.15) is 27.2 Å². The van der Waals surface area contributed by atoms with Gasteiger partial charge in [-0.25, -0.2) is 8.42 Å². The Morgan fingerprint density at radius 1 is 1.17 bits per heavy atom. The SMILES string of the molecule is CC(C)(C)CC(=O)N1CCN(S(=O)(=O)c2cccc(Br)c2)CC1. The van der Waals surface area contributed by atoms with Crippen LogP contribution in [-0.4, -0.2) is 49.7 Å². The summed E-state index contributed by atoms with van der Waals surface area (Å²) in [5, 5.41) is 0. The average molecular weight is 403 g/mol. The lowest BCUT2D eigenvalue weighted by atomic mass is 9.91. The number of piperazine rings is 1. The van der Waals surface area contributed by atoms with E-state index in [1.165, 1.54) is 4.31 Å². The minimum Gasteiger partial charge on any atom is -0.340 e. The van der Waals surface area contributed by atoms with E-state index in [1.54, 1.807) is 29.2 Å². The molecule has 0 aromatic heterocycles. The van der Waals surface area contributed by atoms with Gasteiger partial charge < -0.3 is 4.90 Å². The van der Waals surface area contributed by atoms with Crippen LogP contribution in [0.3, 0.4) is 0 Å². The molecule has 1 aliphatic heterocycles. The van der Waals surface area contributed by atoms with Crippen LogP contribution in [0, 0.1) is 5.41 Å². The van der Waals surface area contributed by atoms with Crippen LogP contribution in [0.15, 0.2) is 33.6 Å². The Labute approximate surface area is 146 Å². The molecule has 128 valence electrons. The van der Waals surface area contributed by atoms with Gasteiger partial charge in [0, 0.05) is 37.1 Å². The van der Waals surface area contributed by atoms with Gasteiger partial charge in [0.25, 0.3) is 0 Å². The number of halogens is 1. The second-order valence-electron chi connectivity index (χ2n) is 6.98. The van der Waals surface area contributed by atoms with Crippen molar-refractivity contribution in [1.82, 2.24) is 9.21 Å². The van der Waals surface area contributed by atoms with Crippen molar-refractivity contribution >= 4 is 31.9 Å². The van der Waals surface area contributed by atoms with Gasteiger partial charge in [-0.3, -0.25) is 4.79 Å². The molecule has 0 N–H and O–H groups in total. The second kappa shape index (κ2) is 6.91. The Kier molecular flexibility index (Phi) is 5.53. The van der Waals surface area contributed by atoms with Crippen molar-refractivity contribution in [2.45, 2.75) is 32.1 Å². The third-order valence-corrected chi connectivity index (χ3v) is 6.09. The van der Waals surface area contributed by atoms with E-state index in [0.29, 0.717) is 32.6 Å². The third kappa shape index (κ3) is 4.78. The molecule has 23 heavy (non-hydrogen) atoms. The van der Waals surface area contributed by atoms with Gasteiger partial charge in [0.05, 0.1) is 4.90 Å². The van der Waals surface area contributed by atoms with E-state index in [4.69, 9.17) is 0 Å². The van der Waals surface area contributed by atoms with Crippen molar-refractivity contribution < 1.29 is 13.2 Å². The average Bonchev–Trinajstić information content (AvgIpc) is 2.45. The van der Waals surface area contributed by atoms with Crippen molar-refractivity contribution in [2.24, 2.45) is 5.41 Å². The normalized spacial score (nSPS) is 17.3. The van der Waals surface area contributed by atoms with Crippen molar-refractivity contribution in [2.75, 3.05) is 26.2 Å². The molecule has 1 aliphatic rings. The first-order valence-corrected chi connectivity index (χ1v) is 9.86. The van der Waals surface area contributed by atoms with Gasteiger partial charge in [0.15, 0.2) is 0 Å². The van der Waals surface area contributed by atoms with E-state index >= 15 is 0 Å². The van der Waals surface area contributed by atoms with E-state index in [2.05, 4.69) is 15.9 Å². The van der Waals surface area contributed by atoms with Crippen molar-refractivity contribution in [3.05, 3.63) is 28.7 Å². The van der Waals surface area contributed by atoms with Crippen LogP contribution >= 0.6 is 15.9 Å². The molecule has 5 nitrogen and oxygen atoms in total. The topological polar surface area (TPSA) is 57.7 Å². The highest BCUT2D eigenvalue weighted by Gasteiger charge is 2.31. The maximum atomic E-state index is 12.6. The molecule has 1 aromatic carbocycles. The van der Waals surface area contributed by atoms with Crippen molar-refractivity contribution in [3.8, 4) is 0 Å². The molecule has 1 amide bonds. The molecule has 0 unspecified atom stereocenters. The first kappa shape index (κ1) is 18.4. The molecule has 0 aliphatic carbocycles. The minimum absolute atomic E-state index is 0.0589. The summed E-state index contributed by atoms with van der Waals surface area (Å²) >= 11 is 3.30. The van der Waals surface area contributed by atoms with Crippen LogP contribution < -0.4 is 0 Å². The largest absolute Gasteiger partial charge is 0.340 e. The number of rotatable bonds is 3. The molecule has 2 rings (SSSR count). The number of nitrogens with zero attached hydrogens (tertiary/aromatic N) is 2. The molecule has 0 spiro atoms. The second-order valence-corrected chi connectivity index (χ2v) is 9.83. The van der Waals surface area contributed by atoms with Crippen LogP contribution in [0.5, 0.6) is 0 Å². The number of hydrogen-bond acceptors (Lipinski definition) is 3. The lowest BCUT2D eigenvalue weighted by Crippen LogP contribution is -2.50. The third-order valence-electron chi connectivity index (χ3n) is 3.71. The van der Waals surface area contributed by atoms with Crippen LogP contribution in [0.4, 0.5) is 0 Å². The zero-order chi connectivity index (χ0) is 17.3. The molecule has 0 atom stereocenters. The van der Waals surface area contributed by atoms with Gasteiger partial charge in [-0.1, -0.05) is 42.8 Å². The Balaban J connectivity index is 2.03.